The van der Waals surface area contributed by atoms with Gasteiger partial charge in [0.1, 0.15) is 0 Å². The third-order valence-corrected chi connectivity index (χ3v) is 4.45. The van der Waals surface area contributed by atoms with E-state index in [1.807, 2.05) is 12.3 Å². The van der Waals surface area contributed by atoms with E-state index in [0.717, 1.165) is 29.8 Å². The average molecular weight is 243 g/mol. The van der Waals surface area contributed by atoms with Gasteiger partial charge in [-0.2, -0.15) is 0 Å². The molecule has 1 atom stereocenters. The molecule has 0 aliphatic heterocycles. The van der Waals surface area contributed by atoms with Gasteiger partial charge in [0.25, 0.3) is 0 Å². The number of aromatic nitrogens is 1. The van der Waals surface area contributed by atoms with Crippen molar-refractivity contribution in [3.63, 3.8) is 0 Å². The zero-order valence-electron chi connectivity index (χ0n) is 10.9. The fraction of sp³-hybridized carbons (Fsp3) is 0.500. The maximum Gasteiger partial charge on any atom is 0.0824 e. The molecule has 2 N–H and O–H groups in total. The molecule has 2 nitrogen and oxygen atoms in total. The molecular formula is C16H21NO. The third-order valence-electron chi connectivity index (χ3n) is 4.45. The van der Waals surface area contributed by atoms with Gasteiger partial charge in [0, 0.05) is 17.1 Å². The molecule has 18 heavy (non-hydrogen) atoms. The van der Waals surface area contributed by atoms with Crippen LogP contribution in [-0.4, -0.2) is 10.1 Å². The maximum atomic E-state index is 10.6. The Bertz CT molecular complexity index is 523. The van der Waals surface area contributed by atoms with Crippen molar-refractivity contribution in [3.8, 4) is 0 Å². The topological polar surface area (TPSA) is 36.0 Å². The average Bonchev–Trinajstić information content (AvgIpc) is 2.87. The van der Waals surface area contributed by atoms with Crippen LogP contribution in [0.4, 0.5) is 0 Å². The summed E-state index contributed by atoms with van der Waals surface area (Å²) in [5.74, 6) is 1.26. The summed E-state index contributed by atoms with van der Waals surface area (Å²) < 4.78 is 0. The minimum Gasteiger partial charge on any atom is -0.388 e. The first-order valence-electron chi connectivity index (χ1n) is 7.00. The predicted octanol–water partition coefficient (Wildman–Crippen LogP) is 4.03. The maximum absolute atomic E-state index is 10.6. The molecule has 1 aromatic carbocycles. The number of nitrogens with one attached hydrogen (secondary N) is 1. The SMILES string of the molecule is CC1CCC(C(O)c2cccc3[nH]ccc23)CC1. The van der Waals surface area contributed by atoms with Crippen molar-refractivity contribution >= 4 is 10.9 Å². The van der Waals surface area contributed by atoms with Crippen LogP contribution in [0.1, 0.15) is 44.3 Å². The molecule has 0 spiro atoms. The molecule has 1 aliphatic carbocycles. The first-order valence-corrected chi connectivity index (χ1v) is 7.00. The lowest BCUT2D eigenvalue weighted by Crippen LogP contribution is -2.19. The Balaban J connectivity index is 1.87. The molecule has 2 heteroatoms. The Morgan fingerprint density at radius 3 is 2.72 bits per heavy atom. The number of aliphatic hydroxyl groups excluding tert-OH is 1. The normalized spacial score (nSPS) is 26.3. The van der Waals surface area contributed by atoms with Crippen LogP contribution in [0.25, 0.3) is 10.9 Å². The van der Waals surface area contributed by atoms with Crippen LogP contribution < -0.4 is 0 Å². The van der Waals surface area contributed by atoms with Gasteiger partial charge in [-0.05, 0) is 42.4 Å². The summed E-state index contributed by atoms with van der Waals surface area (Å²) in [5.41, 5.74) is 2.21. The van der Waals surface area contributed by atoms with Gasteiger partial charge in [-0.1, -0.05) is 31.9 Å². The lowest BCUT2D eigenvalue weighted by molar-refractivity contribution is 0.0767. The van der Waals surface area contributed by atoms with Crippen LogP contribution in [0.2, 0.25) is 0 Å². The largest absolute Gasteiger partial charge is 0.388 e. The van der Waals surface area contributed by atoms with E-state index in [1.54, 1.807) is 0 Å². The van der Waals surface area contributed by atoms with Crippen LogP contribution in [0.15, 0.2) is 30.5 Å². The number of aromatic amines is 1. The summed E-state index contributed by atoms with van der Waals surface area (Å²) >= 11 is 0. The highest BCUT2D eigenvalue weighted by molar-refractivity contribution is 5.83. The van der Waals surface area contributed by atoms with Gasteiger partial charge in [-0.3, -0.25) is 0 Å². The summed E-state index contributed by atoms with van der Waals surface area (Å²) in [7, 11) is 0. The highest BCUT2D eigenvalue weighted by Crippen LogP contribution is 2.38. The number of hydrogen-bond acceptors (Lipinski definition) is 1. The Morgan fingerprint density at radius 1 is 1.17 bits per heavy atom. The molecule has 1 aromatic heterocycles. The third kappa shape index (κ3) is 2.05. The summed E-state index contributed by atoms with van der Waals surface area (Å²) in [6.45, 7) is 2.31. The second-order valence-corrected chi connectivity index (χ2v) is 5.75. The van der Waals surface area contributed by atoms with E-state index in [9.17, 15) is 5.11 Å². The fourth-order valence-corrected chi connectivity index (χ4v) is 3.22. The predicted molar refractivity (Wildman–Crippen MR) is 74.4 cm³/mol. The van der Waals surface area contributed by atoms with Crippen molar-refractivity contribution in [2.24, 2.45) is 11.8 Å². The van der Waals surface area contributed by atoms with E-state index in [0.29, 0.717) is 5.92 Å². The molecule has 2 aromatic rings. The molecule has 1 fully saturated rings. The smallest absolute Gasteiger partial charge is 0.0824 e. The van der Waals surface area contributed by atoms with E-state index >= 15 is 0 Å². The first-order chi connectivity index (χ1) is 8.75. The van der Waals surface area contributed by atoms with Crippen molar-refractivity contribution in [1.82, 2.24) is 4.98 Å². The summed E-state index contributed by atoms with van der Waals surface area (Å²) in [6, 6.07) is 8.23. The van der Waals surface area contributed by atoms with Crippen molar-refractivity contribution < 1.29 is 5.11 Å². The molecule has 1 unspecified atom stereocenters. The Morgan fingerprint density at radius 2 is 1.94 bits per heavy atom. The van der Waals surface area contributed by atoms with E-state index in [2.05, 4.69) is 30.1 Å². The second-order valence-electron chi connectivity index (χ2n) is 5.75. The molecule has 96 valence electrons. The first kappa shape index (κ1) is 11.8. The van der Waals surface area contributed by atoms with Gasteiger partial charge in [0.2, 0.25) is 0 Å². The zero-order chi connectivity index (χ0) is 12.5. The highest BCUT2D eigenvalue weighted by atomic mass is 16.3. The van der Waals surface area contributed by atoms with Crippen molar-refractivity contribution in [2.45, 2.75) is 38.7 Å². The Labute approximate surface area is 108 Å². The summed E-state index contributed by atoms with van der Waals surface area (Å²) in [4.78, 5) is 3.21. The fourth-order valence-electron chi connectivity index (χ4n) is 3.22. The van der Waals surface area contributed by atoms with Gasteiger partial charge in [-0.15, -0.1) is 0 Å². The van der Waals surface area contributed by atoms with Gasteiger partial charge in [0.05, 0.1) is 6.10 Å². The van der Waals surface area contributed by atoms with Crippen LogP contribution in [-0.2, 0) is 0 Å². The lowest BCUT2D eigenvalue weighted by Gasteiger charge is -2.30. The molecule has 0 amide bonds. The van der Waals surface area contributed by atoms with Crippen LogP contribution in [0.5, 0.6) is 0 Å². The van der Waals surface area contributed by atoms with Gasteiger partial charge in [0.15, 0.2) is 0 Å². The van der Waals surface area contributed by atoms with Crippen LogP contribution in [0.3, 0.4) is 0 Å². The van der Waals surface area contributed by atoms with Crippen molar-refractivity contribution in [3.05, 3.63) is 36.0 Å². The summed E-state index contributed by atoms with van der Waals surface area (Å²) in [5, 5.41) is 11.8. The van der Waals surface area contributed by atoms with Crippen LogP contribution >= 0.6 is 0 Å². The lowest BCUT2D eigenvalue weighted by atomic mass is 9.78. The second kappa shape index (κ2) is 4.77. The molecule has 1 saturated carbocycles. The van der Waals surface area contributed by atoms with Crippen LogP contribution in [0, 0.1) is 11.8 Å². The standard InChI is InChI=1S/C16H21NO/c1-11-5-7-12(8-6-11)16(18)14-3-2-4-15-13(14)9-10-17-15/h2-4,9-12,16-18H,5-8H2,1H3. The molecule has 1 heterocycles. The molecular weight excluding hydrogens is 222 g/mol. The number of aliphatic hydroxyl groups is 1. The van der Waals surface area contributed by atoms with E-state index in [1.165, 1.54) is 18.2 Å². The van der Waals surface area contributed by atoms with E-state index in [4.69, 9.17) is 0 Å². The molecule has 3 rings (SSSR count). The number of hydrogen-bond donors (Lipinski definition) is 2. The highest BCUT2D eigenvalue weighted by Gasteiger charge is 2.26. The molecule has 0 saturated heterocycles. The van der Waals surface area contributed by atoms with E-state index in [-0.39, 0.29) is 6.10 Å². The number of rotatable bonds is 2. The Kier molecular flexibility index (Phi) is 3.13. The van der Waals surface area contributed by atoms with Gasteiger partial charge < -0.3 is 10.1 Å². The summed E-state index contributed by atoms with van der Waals surface area (Å²) in [6.07, 6.45) is 6.46. The van der Waals surface area contributed by atoms with Crippen molar-refractivity contribution in [1.29, 1.82) is 0 Å². The zero-order valence-corrected chi connectivity index (χ0v) is 10.9. The molecule has 1 aliphatic rings. The quantitative estimate of drug-likeness (QED) is 0.821. The van der Waals surface area contributed by atoms with Crippen molar-refractivity contribution in [2.75, 3.05) is 0 Å². The number of H-pyrrole nitrogens is 1. The minimum absolute atomic E-state index is 0.308. The minimum atomic E-state index is -0.308. The molecule has 0 radical (unpaired) electrons. The van der Waals surface area contributed by atoms with Gasteiger partial charge in [-0.25, -0.2) is 0 Å². The Hall–Kier alpha value is -1.28. The molecule has 0 bridgehead atoms. The number of fused-ring (bicyclic) bond motifs is 1. The van der Waals surface area contributed by atoms with E-state index < -0.39 is 0 Å². The number of benzene rings is 1. The monoisotopic (exact) mass is 243 g/mol. The van der Waals surface area contributed by atoms with Gasteiger partial charge >= 0.3 is 0 Å².